The van der Waals surface area contributed by atoms with Gasteiger partial charge in [-0.1, -0.05) is 74.5 Å². The molecule has 0 saturated carbocycles. The van der Waals surface area contributed by atoms with E-state index in [2.05, 4.69) is 41.5 Å². The predicted molar refractivity (Wildman–Crippen MR) is 209 cm³/mol. The van der Waals surface area contributed by atoms with Gasteiger partial charge in [0.2, 0.25) is 29.4 Å². The van der Waals surface area contributed by atoms with Crippen molar-refractivity contribution in [3.63, 3.8) is 0 Å². The fourth-order valence-electron chi connectivity index (χ4n) is 5.66. The molecule has 302 valence electrons. The van der Waals surface area contributed by atoms with E-state index >= 15 is 0 Å². The Labute approximate surface area is 326 Å². The molecule has 0 radical (unpaired) electrons. The molecule has 0 fully saturated rings. The number of carbonyl (C=O) groups excluding carboxylic acids is 6. The summed E-state index contributed by atoms with van der Waals surface area (Å²) in [6, 6.07) is 13.7. The van der Waals surface area contributed by atoms with Crippen LogP contribution >= 0.6 is 0 Å². The number of imidazole rings is 1. The zero-order chi connectivity index (χ0) is 41.0. The Bertz CT molecular complexity index is 1750. The summed E-state index contributed by atoms with van der Waals surface area (Å²) in [5.74, 6) is -4.79. The monoisotopic (exact) mass is 774 g/mol. The lowest BCUT2D eigenvalue weighted by atomic mass is 10.0. The van der Waals surface area contributed by atoms with E-state index in [0.717, 1.165) is 11.1 Å². The summed E-state index contributed by atoms with van der Waals surface area (Å²) >= 11 is 0. The third-order valence-electron chi connectivity index (χ3n) is 8.56. The number of aromatic nitrogens is 2. The lowest BCUT2D eigenvalue weighted by Crippen LogP contribution is -2.59. The van der Waals surface area contributed by atoms with Crippen molar-refractivity contribution in [2.75, 3.05) is 13.2 Å². The van der Waals surface area contributed by atoms with E-state index in [-0.39, 0.29) is 44.3 Å². The van der Waals surface area contributed by atoms with Crippen LogP contribution in [0.15, 0.2) is 78.2 Å². The summed E-state index contributed by atoms with van der Waals surface area (Å²) in [6.07, 6.45) is 3.54. The second kappa shape index (κ2) is 23.0. The molecule has 0 aliphatic rings. The van der Waals surface area contributed by atoms with Crippen molar-refractivity contribution in [1.29, 1.82) is 0 Å². The number of nitrogens with zero attached hydrogens (tertiary/aromatic N) is 2. The topological polar surface area (TPSA) is 265 Å². The number of nitrogens with two attached hydrogens (primary N) is 2. The van der Waals surface area contributed by atoms with Gasteiger partial charge in [0.1, 0.15) is 18.1 Å². The van der Waals surface area contributed by atoms with Crippen LogP contribution in [0.2, 0.25) is 0 Å². The minimum atomic E-state index is -1.29. The largest absolute Gasteiger partial charge is 0.375 e. The Morgan fingerprint density at radius 1 is 0.786 bits per heavy atom. The number of aromatic amines is 1. The quantitative estimate of drug-likeness (QED) is 0.0280. The number of ether oxygens (including phenoxy) is 1. The number of carbonyl (C=O) groups is 6. The Hall–Kier alpha value is -6.10. The molecule has 5 atom stereocenters. The molecule has 56 heavy (non-hydrogen) atoms. The summed E-state index contributed by atoms with van der Waals surface area (Å²) in [6.45, 7) is 6.71. The highest BCUT2D eigenvalue weighted by Gasteiger charge is 2.33. The Kier molecular flexibility index (Phi) is 18.2. The van der Waals surface area contributed by atoms with Crippen molar-refractivity contribution in [3.8, 4) is 0 Å². The summed E-state index contributed by atoms with van der Waals surface area (Å²) in [5, 5.41) is 13.3. The average Bonchev–Trinajstić information content (AvgIpc) is 3.68. The van der Waals surface area contributed by atoms with Gasteiger partial charge in [0, 0.05) is 31.8 Å². The van der Waals surface area contributed by atoms with Gasteiger partial charge in [-0.3, -0.25) is 33.8 Å². The molecule has 3 aromatic rings. The molecule has 10 N–H and O–H groups in total. The Morgan fingerprint density at radius 2 is 1.41 bits per heavy atom. The number of amides is 5. The first kappa shape index (κ1) is 44.3. The smallest absolute Gasteiger partial charge is 0.289 e. The van der Waals surface area contributed by atoms with Gasteiger partial charge in [0.05, 0.1) is 31.6 Å². The fourth-order valence-corrected chi connectivity index (χ4v) is 5.66. The fraction of sp³-hybridized carbons (Fsp3) is 0.436. The van der Waals surface area contributed by atoms with E-state index < -0.39 is 65.5 Å². The molecule has 3 rings (SSSR count). The highest BCUT2D eigenvalue weighted by atomic mass is 16.5. The molecule has 0 bridgehead atoms. The maximum atomic E-state index is 13.8. The highest BCUT2D eigenvalue weighted by molar-refractivity contribution is 6.38. The molecule has 0 unspecified atom stereocenters. The SMILES string of the molecule is CC(=O)N[C@H](C(=O)N[C@@H](CCCN=C(N)N)C(=O)N[C@@H](Cc1cnc[nH]1)C(=O)N[C@@H](C)C(=O)C(=O)N[C@H](COCc1ccccc1)Cc1ccccc1)C(C)C. The van der Waals surface area contributed by atoms with Crippen LogP contribution in [-0.2, 0) is 53.0 Å². The third-order valence-corrected chi connectivity index (χ3v) is 8.56. The first-order valence-electron chi connectivity index (χ1n) is 18.4. The van der Waals surface area contributed by atoms with Crippen LogP contribution in [0.5, 0.6) is 0 Å². The molecule has 0 aliphatic carbocycles. The molecular weight excluding hydrogens is 720 g/mol. The van der Waals surface area contributed by atoms with Gasteiger partial charge in [0.25, 0.3) is 5.91 Å². The first-order valence-corrected chi connectivity index (χ1v) is 18.4. The van der Waals surface area contributed by atoms with Crippen molar-refractivity contribution in [2.24, 2.45) is 22.4 Å². The number of Topliss-reactive ketones (excluding diaryl/α,β-unsaturated/α-hetero) is 1. The predicted octanol–water partition coefficient (Wildman–Crippen LogP) is 0.154. The molecule has 1 heterocycles. The molecular formula is C39H54N10O7. The van der Waals surface area contributed by atoms with Crippen LogP contribution in [0.3, 0.4) is 0 Å². The van der Waals surface area contributed by atoms with E-state index in [1.165, 1.54) is 26.4 Å². The molecule has 0 aliphatic heterocycles. The summed E-state index contributed by atoms with van der Waals surface area (Å²) < 4.78 is 5.90. The minimum Gasteiger partial charge on any atom is -0.375 e. The second-order valence-electron chi connectivity index (χ2n) is 13.7. The Balaban J connectivity index is 1.73. The van der Waals surface area contributed by atoms with Crippen LogP contribution in [0.25, 0.3) is 0 Å². The second-order valence-corrected chi connectivity index (χ2v) is 13.7. The van der Waals surface area contributed by atoms with Gasteiger partial charge in [0.15, 0.2) is 5.96 Å². The molecule has 0 spiro atoms. The molecule has 17 heteroatoms. The van der Waals surface area contributed by atoms with E-state index in [1.807, 2.05) is 60.7 Å². The van der Waals surface area contributed by atoms with Gasteiger partial charge >= 0.3 is 0 Å². The number of H-pyrrole nitrogens is 1. The summed E-state index contributed by atoms with van der Waals surface area (Å²) in [4.78, 5) is 90.1. The maximum Gasteiger partial charge on any atom is 0.289 e. The minimum absolute atomic E-state index is 0.0717. The van der Waals surface area contributed by atoms with Gasteiger partial charge < -0.3 is 47.8 Å². The van der Waals surface area contributed by atoms with Crippen molar-refractivity contribution in [2.45, 2.75) is 90.2 Å². The van der Waals surface area contributed by atoms with E-state index in [0.29, 0.717) is 18.7 Å². The van der Waals surface area contributed by atoms with Crippen LogP contribution in [-0.4, -0.2) is 94.6 Å². The Morgan fingerprint density at radius 3 is 2.00 bits per heavy atom. The van der Waals surface area contributed by atoms with Gasteiger partial charge in [-0.15, -0.1) is 0 Å². The van der Waals surface area contributed by atoms with E-state index in [4.69, 9.17) is 16.2 Å². The number of aliphatic imine (C=N–C) groups is 1. The van der Waals surface area contributed by atoms with Crippen LogP contribution in [0, 0.1) is 5.92 Å². The van der Waals surface area contributed by atoms with E-state index in [1.54, 1.807) is 13.8 Å². The summed E-state index contributed by atoms with van der Waals surface area (Å²) in [7, 11) is 0. The zero-order valence-corrected chi connectivity index (χ0v) is 32.2. The molecule has 0 saturated heterocycles. The van der Waals surface area contributed by atoms with Gasteiger partial charge in [-0.05, 0) is 43.2 Å². The van der Waals surface area contributed by atoms with Crippen LogP contribution < -0.4 is 38.1 Å². The third kappa shape index (κ3) is 15.7. The first-order chi connectivity index (χ1) is 26.7. The lowest BCUT2D eigenvalue weighted by molar-refractivity contribution is -0.140. The lowest BCUT2D eigenvalue weighted by Gasteiger charge is -2.27. The number of guanidine groups is 1. The number of nitrogens with one attached hydrogen (secondary N) is 6. The van der Waals surface area contributed by atoms with E-state index in [9.17, 15) is 28.8 Å². The normalized spacial score (nSPS) is 13.6. The van der Waals surface area contributed by atoms with Crippen LogP contribution in [0.4, 0.5) is 0 Å². The van der Waals surface area contributed by atoms with Crippen molar-refractivity contribution in [1.82, 2.24) is 36.6 Å². The molecule has 2 aromatic carbocycles. The maximum absolute atomic E-state index is 13.8. The van der Waals surface area contributed by atoms with Gasteiger partial charge in [-0.25, -0.2) is 4.98 Å². The number of hydrogen-bond donors (Lipinski definition) is 8. The van der Waals surface area contributed by atoms with Crippen molar-refractivity contribution in [3.05, 3.63) is 90.0 Å². The summed E-state index contributed by atoms with van der Waals surface area (Å²) in [5.41, 5.74) is 13.2. The van der Waals surface area contributed by atoms with Gasteiger partial charge in [-0.2, -0.15) is 0 Å². The highest BCUT2D eigenvalue weighted by Crippen LogP contribution is 2.09. The van der Waals surface area contributed by atoms with Crippen molar-refractivity contribution >= 4 is 41.3 Å². The number of rotatable bonds is 23. The van der Waals surface area contributed by atoms with Crippen LogP contribution in [0.1, 0.15) is 57.4 Å². The standard InChI is InChI=1S/C39H54N10O7/c1-24(2)33(46-26(4)50)37(54)48-31(16-11-17-43-39(40)41)35(52)49-32(19-29-20-42-23-44-29)36(53)45-25(3)34(51)38(55)47-30(18-27-12-7-5-8-13-27)22-56-21-28-14-9-6-10-15-28/h5-10,12-15,20,23-25,30-33H,11,16-19,21-22H2,1-4H3,(H,42,44)(H,45,53)(H,46,50)(H,47,55)(H,48,54)(H,49,52)(H4,40,41,43)/t25-,30-,31-,32-,33-/m0/s1. The molecule has 17 nitrogen and oxygen atoms in total. The molecule has 1 aromatic heterocycles. The molecule has 5 amide bonds. The average molecular weight is 775 g/mol. The number of ketones is 1. The van der Waals surface area contributed by atoms with Crippen molar-refractivity contribution < 1.29 is 33.5 Å². The zero-order valence-electron chi connectivity index (χ0n) is 32.2. The number of hydrogen-bond acceptors (Lipinski definition) is 9. The number of benzene rings is 2.